The number of ether oxygens (including phenoxy) is 1. The molecule has 2 fully saturated rings. The molecule has 27 heavy (non-hydrogen) atoms. The molecular formula is C23H33N3O. The Balaban J connectivity index is 1.53. The largest absolute Gasteiger partial charge is 0.378 e. The standard InChI is InChI=1S/C23H33N3O/c1-3-5-6-20(4-2)18-25-12-11-24-22(19-25)17-21-7-9-23(10-8-21)26-13-15-27-16-14-26/h3-10,22,24H,2,11-19H2,1H3/b5-3-,20-6+/t22-/m1/s1. The summed E-state index contributed by atoms with van der Waals surface area (Å²) in [7, 11) is 0. The number of allylic oxidation sites excluding steroid dienone is 3. The van der Waals surface area contributed by atoms with E-state index in [1.54, 1.807) is 0 Å². The van der Waals surface area contributed by atoms with E-state index < -0.39 is 0 Å². The molecular weight excluding hydrogens is 334 g/mol. The Bertz CT molecular complexity index is 644. The van der Waals surface area contributed by atoms with Gasteiger partial charge in [-0.2, -0.15) is 0 Å². The summed E-state index contributed by atoms with van der Waals surface area (Å²) in [6.45, 7) is 13.8. The van der Waals surface area contributed by atoms with Gasteiger partial charge in [-0.1, -0.05) is 43.0 Å². The van der Waals surface area contributed by atoms with Crippen LogP contribution < -0.4 is 10.2 Å². The Labute approximate surface area is 164 Å². The fourth-order valence-electron chi connectivity index (χ4n) is 3.79. The van der Waals surface area contributed by atoms with Crippen LogP contribution in [0.5, 0.6) is 0 Å². The van der Waals surface area contributed by atoms with Crippen molar-refractivity contribution in [1.29, 1.82) is 0 Å². The second-order valence-corrected chi connectivity index (χ2v) is 7.33. The minimum Gasteiger partial charge on any atom is -0.378 e. The predicted octanol–water partition coefficient (Wildman–Crippen LogP) is 3.03. The number of nitrogens with one attached hydrogen (secondary N) is 1. The van der Waals surface area contributed by atoms with E-state index in [1.807, 2.05) is 13.0 Å². The van der Waals surface area contributed by atoms with E-state index in [-0.39, 0.29) is 0 Å². The average Bonchev–Trinajstić information content (AvgIpc) is 2.72. The number of anilines is 1. The van der Waals surface area contributed by atoms with Gasteiger partial charge < -0.3 is 15.0 Å². The molecule has 0 aromatic heterocycles. The molecule has 2 heterocycles. The van der Waals surface area contributed by atoms with Gasteiger partial charge in [-0.25, -0.2) is 0 Å². The van der Waals surface area contributed by atoms with E-state index in [1.165, 1.54) is 16.8 Å². The van der Waals surface area contributed by atoms with Gasteiger partial charge in [-0.3, -0.25) is 4.90 Å². The fraction of sp³-hybridized carbons (Fsp3) is 0.478. The maximum atomic E-state index is 5.44. The summed E-state index contributed by atoms with van der Waals surface area (Å²) < 4.78 is 5.44. The lowest BCUT2D eigenvalue weighted by molar-refractivity contribution is 0.122. The van der Waals surface area contributed by atoms with E-state index >= 15 is 0 Å². The molecule has 0 saturated carbocycles. The van der Waals surface area contributed by atoms with E-state index in [9.17, 15) is 0 Å². The number of rotatable bonds is 7. The SMILES string of the molecule is C=C/C(=C\C=C/C)CN1CCN[C@H](Cc2ccc(N3CCOCC3)cc2)C1. The Morgan fingerprint density at radius 3 is 2.70 bits per heavy atom. The van der Waals surface area contributed by atoms with Gasteiger partial charge in [0.05, 0.1) is 13.2 Å². The van der Waals surface area contributed by atoms with Gasteiger partial charge in [0.15, 0.2) is 0 Å². The highest BCUT2D eigenvalue weighted by Crippen LogP contribution is 2.18. The van der Waals surface area contributed by atoms with Gasteiger partial charge in [-0.05, 0) is 36.6 Å². The maximum Gasteiger partial charge on any atom is 0.0642 e. The van der Waals surface area contributed by atoms with Crippen molar-refractivity contribution in [2.75, 3.05) is 57.4 Å². The monoisotopic (exact) mass is 367 g/mol. The summed E-state index contributed by atoms with van der Waals surface area (Å²) in [6.07, 6.45) is 9.36. The van der Waals surface area contributed by atoms with Crippen LogP contribution in [0.2, 0.25) is 0 Å². The third kappa shape index (κ3) is 6.06. The molecule has 4 nitrogen and oxygen atoms in total. The number of nitrogens with zero attached hydrogens (tertiary/aromatic N) is 2. The summed E-state index contributed by atoms with van der Waals surface area (Å²) in [5.74, 6) is 0. The molecule has 3 rings (SSSR count). The van der Waals surface area contributed by atoms with Crippen LogP contribution in [0, 0.1) is 0 Å². The first-order valence-corrected chi connectivity index (χ1v) is 10.1. The summed E-state index contributed by atoms with van der Waals surface area (Å²) in [5, 5.41) is 3.68. The Morgan fingerprint density at radius 1 is 1.22 bits per heavy atom. The van der Waals surface area contributed by atoms with E-state index in [0.29, 0.717) is 6.04 Å². The second-order valence-electron chi connectivity index (χ2n) is 7.33. The summed E-state index contributed by atoms with van der Waals surface area (Å²) in [6, 6.07) is 9.59. The van der Waals surface area contributed by atoms with Gasteiger partial charge in [0, 0.05) is 51.0 Å². The molecule has 0 spiro atoms. The first-order valence-electron chi connectivity index (χ1n) is 10.1. The average molecular weight is 368 g/mol. The molecule has 4 heteroatoms. The lowest BCUT2D eigenvalue weighted by atomic mass is 10.0. The normalized spacial score (nSPS) is 22.3. The van der Waals surface area contributed by atoms with E-state index in [0.717, 1.165) is 58.9 Å². The third-order valence-corrected chi connectivity index (χ3v) is 5.31. The van der Waals surface area contributed by atoms with Crippen molar-refractivity contribution in [1.82, 2.24) is 10.2 Å². The summed E-state index contributed by atoms with van der Waals surface area (Å²) >= 11 is 0. The molecule has 2 aliphatic rings. The molecule has 0 bridgehead atoms. The van der Waals surface area contributed by atoms with E-state index in [4.69, 9.17) is 4.74 Å². The van der Waals surface area contributed by atoms with E-state index in [2.05, 4.69) is 64.2 Å². The highest BCUT2D eigenvalue weighted by molar-refractivity contribution is 5.48. The maximum absolute atomic E-state index is 5.44. The minimum absolute atomic E-state index is 0.501. The van der Waals surface area contributed by atoms with Crippen molar-refractivity contribution < 1.29 is 4.74 Å². The van der Waals surface area contributed by atoms with Gasteiger partial charge in [0.2, 0.25) is 0 Å². The quantitative estimate of drug-likeness (QED) is 0.750. The number of hydrogen-bond donors (Lipinski definition) is 1. The molecule has 0 amide bonds. The van der Waals surface area contributed by atoms with Gasteiger partial charge in [0.1, 0.15) is 0 Å². The van der Waals surface area contributed by atoms with Crippen LogP contribution >= 0.6 is 0 Å². The molecule has 2 aliphatic heterocycles. The second kappa shape index (κ2) is 10.5. The minimum atomic E-state index is 0.501. The first-order chi connectivity index (χ1) is 13.3. The molecule has 1 aromatic carbocycles. The molecule has 2 saturated heterocycles. The summed E-state index contributed by atoms with van der Waals surface area (Å²) in [5.41, 5.74) is 3.99. The smallest absolute Gasteiger partial charge is 0.0642 e. The Morgan fingerprint density at radius 2 is 2.00 bits per heavy atom. The molecule has 1 atom stereocenters. The molecule has 0 unspecified atom stereocenters. The molecule has 0 aliphatic carbocycles. The topological polar surface area (TPSA) is 27.7 Å². The van der Waals surface area contributed by atoms with Crippen LogP contribution in [0.15, 0.2) is 60.7 Å². The highest BCUT2D eigenvalue weighted by atomic mass is 16.5. The van der Waals surface area contributed by atoms with Crippen LogP contribution in [0.3, 0.4) is 0 Å². The molecule has 146 valence electrons. The molecule has 1 N–H and O–H groups in total. The highest BCUT2D eigenvalue weighted by Gasteiger charge is 2.20. The Hall–Kier alpha value is -1.88. The number of benzene rings is 1. The molecule has 1 aromatic rings. The van der Waals surface area contributed by atoms with Crippen molar-refractivity contribution in [3.8, 4) is 0 Å². The number of piperazine rings is 1. The van der Waals surface area contributed by atoms with Gasteiger partial charge >= 0.3 is 0 Å². The van der Waals surface area contributed by atoms with Crippen molar-refractivity contribution in [3.63, 3.8) is 0 Å². The van der Waals surface area contributed by atoms with Crippen LogP contribution in [-0.4, -0.2) is 63.4 Å². The Kier molecular flexibility index (Phi) is 7.69. The predicted molar refractivity (Wildman–Crippen MR) is 115 cm³/mol. The van der Waals surface area contributed by atoms with Crippen LogP contribution in [0.4, 0.5) is 5.69 Å². The zero-order valence-corrected chi connectivity index (χ0v) is 16.6. The van der Waals surface area contributed by atoms with Crippen molar-refractivity contribution in [2.24, 2.45) is 0 Å². The van der Waals surface area contributed by atoms with Crippen LogP contribution in [-0.2, 0) is 11.2 Å². The van der Waals surface area contributed by atoms with Gasteiger partial charge in [0.25, 0.3) is 0 Å². The van der Waals surface area contributed by atoms with Crippen molar-refractivity contribution >= 4 is 5.69 Å². The lowest BCUT2D eigenvalue weighted by Gasteiger charge is -2.34. The number of morpholine rings is 1. The zero-order valence-electron chi connectivity index (χ0n) is 16.6. The zero-order chi connectivity index (χ0) is 18.9. The number of hydrogen-bond acceptors (Lipinski definition) is 4. The van der Waals surface area contributed by atoms with Crippen LogP contribution in [0.1, 0.15) is 12.5 Å². The van der Waals surface area contributed by atoms with Crippen LogP contribution in [0.25, 0.3) is 0 Å². The third-order valence-electron chi connectivity index (χ3n) is 5.31. The first kappa shape index (κ1) is 19.9. The van der Waals surface area contributed by atoms with Crippen molar-refractivity contribution in [2.45, 2.75) is 19.4 Å². The molecule has 0 radical (unpaired) electrons. The van der Waals surface area contributed by atoms with Gasteiger partial charge in [-0.15, -0.1) is 0 Å². The fourth-order valence-corrected chi connectivity index (χ4v) is 3.79. The van der Waals surface area contributed by atoms with Crippen molar-refractivity contribution in [3.05, 3.63) is 66.3 Å². The lowest BCUT2D eigenvalue weighted by Crippen LogP contribution is -2.51. The summed E-state index contributed by atoms with van der Waals surface area (Å²) in [4.78, 5) is 4.93.